The van der Waals surface area contributed by atoms with Crippen molar-refractivity contribution >= 4 is 52.1 Å². The van der Waals surface area contributed by atoms with Crippen LogP contribution in [0.3, 0.4) is 0 Å². The van der Waals surface area contributed by atoms with Crippen LogP contribution in [0.1, 0.15) is 10.4 Å². The average molecular weight is 373 g/mol. The van der Waals surface area contributed by atoms with E-state index < -0.39 is 11.7 Å². The number of rotatable bonds is 3. The second-order valence-corrected chi connectivity index (χ2v) is 5.64. The minimum Gasteiger partial charge on any atom is -0.494 e. The number of hydrogen-bond donors (Lipinski definition) is 2. The summed E-state index contributed by atoms with van der Waals surface area (Å²) in [5.74, 6) is -0.797. The molecule has 1 amide bonds. The molecule has 2 N–H and O–H groups in total. The first-order chi connectivity index (χ1) is 10.9. The zero-order valence-corrected chi connectivity index (χ0v) is 14.2. The molecule has 0 aliphatic rings. The molecule has 0 radical (unpaired) electrons. The minimum absolute atomic E-state index is 0.00116. The zero-order valence-electron chi connectivity index (χ0n) is 11.8. The van der Waals surface area contributed by atoms with Crippen molar-refractivity contribution in [3.05, 3.63) is 57.8 Å². The fourth-order valence-corrected chi connectivity index (χ4v) is 2.62. The van der Waals surface area contributed by atoms with Crippen molar-refractivity contribution in [2.45, 2.75) is 0 Å². The van der Waals surface area contributed by atoms with Gasteiger partial charge in [-0.05, 0) is 42.5 Å². The van der Waals surface area contributed by atoms with E-state index in [1.807, 2.05) is 0 Å². The minimum atomic E-state index is -0.555. The van der Waals surface area contributed by atoms with Gasteiger partial charge in [0.15, 0.2) is 5.11 Å². The van der Waals surface area contributed by atoms with Crippen molar-refractivity contribution in [1.82, 2.24) is 5.32 Å². The van der Waals surface area contributed by atoms with Gasteiger partial charge in [-0.2, -0.15) is 0 Å². The fourth-order valence-electron chi connectivity index (χ4n) is 1.84. The van der Waals surface area contributed by atoms with Gasteiger partial charge in [-0.3, -0.25) is 10.1 Å². The van der Waals surface area contributed by atoms with Gasteiger partial charge < -0.3 is 10.1 Å². The Kier molecular flexibility index (Phi) is 5.76. The summed E-state index contributed by atoms with van der Waals surface area (Å²) in [5, 5.41) is 5.64. The lowest BCUT2D eigenvalue weighted by atomic mass is 10.2. The molecule has 0 spiro atoms. The molecule has 120 valence electrons. The molecule has 0 aliphatic carbocycles. The SMILES string of the molecule is COc1c(Cl)cc(Cl)cc1C(=O)NC(=S)Nc1cccc(F)c1. The van der Waals surface area contributed by atoms with Crippen LogP contribution in [0.5, 0.6) is 5.75 Å². The summed E-state index contributed by atoms with van der Waals surface area (Å²) < 4.78 is 18.2. The Bertz CT molecular complexity index is 771. The first kappa shape index (κ1) is 17.5. The van der Waals surface area contributed by atoms with Gasteiger partial charge in [0, 0.05) is 10.7 Å². The van der Waals surface area contributed by atoms with Crippen LogP contribution in [0.2, 0.25) is 10.0 Å². The zero-order chi connectivity index (χ0) is 17.0. The largest absolute Gasteiger partial charge is 0.494 e. The van der Waals surface area contributed by atoms with E-state index in [-0.39, 0.29) is 26.5 Å². The number of carbonyl (C=O) groups excluding carboxylic acids is 1. The van der Waals surface area contributed by atoms with Crippen molar-refractivity contribution in [3.63, 3.8) is 0 Å². The van der Waals surface area contributed by atoms with Gasteiger partial charge in [0.25, 0.3) is 5.91 Å². The van der Waals surface area contributed by atoms with Crippen LogP contribution < -0.4 is 15.4 Å². The van der Waals surface area contributed by atoms with Crippen LogP contribution in [0, 0.1) is 5.82 Å². The number of methoxy groups -OCH3 is 1. The van der Waals surface area contributed by atoms with Crippen LogP contribution in [0.4, 0.5) is 10.1 Å². The average Bonchev–Trinajstić information content (AvgIpc) is 2.46. The van der Waals surface area contributed by atoms with Crippen molar-refractivity contribution < 1.29 is 13.9 Å². The maximum Gasteiger partial charge on any atom is 0.261 e. The second kappa shape index (κ2) is 7.59. The number of hydrogen-bond acceptors (Lipinski definition) is 3. The third-order valence-corrected chi connectivity index (χ3v) is 3.47. The summed E-state index contributed by atoms with van der Waals surface area (Å²) in [4.78, 5) is 12.3. The highest BCUT2D eigenvalue weighted by Gasteiger charge is 2.17. The van der Waals surface area contributed by atoms with E-state index >= 15 is 0 Å². The maximum atomic E-state index is 13.1. The van der Waals surface area contributed by atoms with Gasteiger partial charge in [-0.25, -0.2) is 4.39 Å². The molecular weight excluding hydrogens is 362 g/mol. The van der Waals surface area contributed by atoms with Crippen LogP contribution in [-0.4, -0.2) is 18.1 Å². The number of carbonyl (C=O) groups is 1. The van der Waals surface area contributed by atoms with Crippen LogP contribution in [0.15, 0.2) is 36.4 Å². The molecule has 23 heavy (non-hydrogen) atoms. The van der Waals surface area contributed by atoms with Crippen molar-refractivity contribution in [1.29, 1.82) is 0 Å². The van der Waals surface area contributed by atoms with Crippen molar-refractivity contribution in [2.75, 3.05) is 12.4 Å². The molecule has 0 saturated carbocycles. The Hall–Kier alpha value is -1.89. The van der Waals surface area contributed by atoms with Crippen LogP contribution >= 0.6 is 35.4 Å². The van der Waals surface area contributed by atoms with E-state index in [1.165, 1.54) is 37.4 Å². The summed E-state index contributed by atoms with van der Waals surface area (Å²) in [6.07, 6.45) is 0. The molecule has 8 heteroatoms. The fraction of sp³-hybridized carbons (Fsp3) is 0.0667. The summed E-state index contributed by atoms with van der Waals surface area (Å²) in [5.41, 5.74) is 0.541. The van der Waals surface area contributed by atoms with Gasteiger partial charge in [0.2, 0.25) is 0 Å². The maximum absolute atomic E-state index is 13.1. The molecular formula is C15H11Cl2FN2O2S. The number of nitrogens with one attached hydrogen (secondary N) is 2. The van der Waals surface area contributed by atoms with Gasteiger partial charge in [0.1, 0.15) is 11.6 Å². The summed E-state index contributed by atoms with van der Waals surface area (Å²) in [6.45, 7) is 0. The summed E-state index contributed by atoms with van der Waals surface area (Å²) in [7, 11) is 1.38. The van der Waals surface area contributed by atoms with Gasteiger partial charge in [-0.1, -0.05) is 29.3 Å². The highest BCUT2D eigenvalue weighted by Crippen LogP contribution is 2.32. The highest BCUT2D eigenvalue weighted by molar-refractivity contribution is 7.80. The van der Waals surface area contributed by atoms with Gasteiger partial charge in [0.05, 0.1) is 17.7 Å². The molecule has 0 saturated heterocycles. The Morgan fingerprint density at radius 3 is 2.65 bits per heavy atom. The first-order valence-electron chi connectivity index (χ1n) is 6.31. The number of anilines is 1. The highest BCUT2D eigenvalue weighted by atomic mass is 35.5. The Morgan fingerprint density at radius 2 is 2.00 bits per heavy atom. The van der Waals surface area contributed by atoms with E-state index in [9.17, 15) is 9.18 Å². The lowest BCUT2D eigenvalue weighted by molar-refractivity contribution is 0.0975. The third kappa shape index (κ3) is 4.54. The monoisotopic (exact) mass is 372 g/mol. The predicted molar refractivity (Wildman–Crippen MR) is 93.1 cm³/mol. The normalized spacial score (nSPS) is 10.1. The molecule has 0 aliphatic heterocycles. The molecule has 2 aromatic carbocycles. The standard InChI is InChI=1S/C15H11Cl2FN2O2S/c1-22-13-11(5-8(16)6-12(13)17)14(21)20-15(23)19-10-4-2-3-9(18)7-10/h2-7H,1H3,(H2,19,20,21,23). The summed E-state index contributed by atoms with van der Waals surface area (Å²) in [6, 6.07) is 8.54. The van der Waals surface area contributed by atoms with Crippen molar-refractivity contribution in [2.24, 2.45) is 0 Å². The van der Waals surface area contributed by atoms with Crippen LogP contribution in [0.25, 0.3) is 0 Å². The first-order valence-corrected chi connectivity index (χ1v) is 7.48. The third-order valence-electron chi connectivity index (χ3n) is 2.77. The van der Waals surface area contributed by atoms with Gasteiger partial charge >= 0.3 is 0 Å². The molecule has 0 unspecified atom stereocenters. The molecule has 0 bridgehead atoms. The molecule has 2 aromatic rings. The van der Waals surface area contributed by atoms with E-state index in [0.29, 0.717) is 5.69 Å². The smallest absolute Gasteiger partial charge is 0.261 e. The van der Waals surface area contributed by atoms with E-state index in [4.69, 9.17) is 40.2 Å². The number of ether oxygens (including phenoxy) is 1. The lowest BCUT2D eigenvalue weighted by Gasteiger charge is -2.13. The van der Waals surface area contributed by atoms with Crippen molar-refractivity contribution in [3.8, 4) is 5.75 Å². The molecule has 0 atom stereocenters. The second-order valence-electron chi connectivity index (χ2n) is 4.39. The number of halogens is 3. The molecule has 0 heterocycles. The molecule has 0 fully saturated rings. The number of benzene rings is 2. The molecule has 4 nitrogen and oxygen atoms in total. The summed E-state index contributed by atoms with van der Waals surface area (Å²) >= 11 is 16.9. The van der Waals surface area contributed by atoms with E-state index in [2.05, 4.69) is 10.6 Å². The number of thiocarbonyl (C=S) groups is 1. The molecule has 0 aromatic heterocycles. The number of amides is 1. The molecule has 2 rings (SSSR count). The topological polar surface area (TPSA) is 50.4 Å². The quantitative estimate of drug-likeness (QED) is 0.790. The van der Waals surface area contributed by atoms with Gasteiger partial charge in [-0.15, -0.1) is 0 Å². The van der Waals surface area contributed by atoms with E-state index in [1.54, 1.807) is 6.07 Å². The van der Waals surface area contributed by atoms with E-state index in [0.717, 1.165) is 0 Å². The Labute approximate surface area is 147 Å². The Morgan fingerprint density at radius 1 is 1.26 bits per heavy atom. The lowest BCUT2D eigenvalue weighted by Crippen LogP contribution is -2.34. The predicted octanol–water partition coefficient (Wildman–Crippen LogP) is 4.27. The van der Waals surface area contributed by atoms with Crippen LogP contribution in [-0.2, 0) is 0 Å². The Balaban J connectivity index is 2.14.